The Hall–Kier alpha value is -1.97. The molecule has 0 radical (unpaired) electrons. The van der Waals surface area contributed by atoms with E-state index in [2.05, 4.69) is 17.1 Å². The van der Waals surface area contributed by atoms with Crippen LogP contribution in [0.3, 0.4) is 0 Å². The lowest BCUT2D eigenvalue weighted by Crippen LogP contribution is -2.41. The number of nitrogens with one attached hydrogen (secondary N) is 1. The maximum atomic E-state index is 12.8. The Kier molecular flexibility index (Phi) is 5.36. The first-order valence-corrected chi connectivity index (χ1v) is 10.2. The van der Waals surface area contributed by atoms with Crippen molar-refractivity contribution in [2.24, 2.45) is 5.92 Å². The number of rotatable bonds is 6. The Balaban J connectivity index is 1.62. The van der Waals surface area contributed by atoms with Gasteiger partial charge >= 0.3 is 0 Å². The quantitative estimate of drug-likeness (QED) is 0.774. The second kappa shape index (κ2) is 7.51. The normalized spacial score (nSPS) is 16.6. The van der Waals surface area contributed by atoms with E-state index < -0.39 is 10.0 Å². The van der Waals surface area contributed by atoms with E-state index in [0.717, 1.165) is 17.7 Å². The lowest BCUT2D eigenvalue weighted by atomic mass is 9.98. The van der Waals surface area contributed by atoms with Crippen LogP contribution in [0.15, 0.2) is 45.8 Å². The van der Waals surface area contributed by atoms with Crippen LogP contribution in [-0.4, -0.2) is 43.4 Å². The molecule has 1 aliphatic heterocycles. The van der Waals surface area contributed by atoms with Gasteiger partial charge in [0.15, 0.2) is 5.76 Å². The minimum atomic E-state index is -3.51. The van der Waals surface area contributed by atoms with Crippen molar-refractivity contribution in [3.8, 4) is 10.6 Å². The number of thiophene rings is 1. The summed E-state index contributed by atoms with van der Waals surface area (Å²) in [6, 6.07) is 5.04. The van der Waals surface area contributed by atoms with Crippen molar-refractivity contribution < 1.29 is 17.7 Å². The predicted octanol–water partition coefficient (Wildman–Crippen LogP) is 2.11. The van der Waals surface area contributed by atoms with E-state index in [4.69, 9.17) is 4.52 Å². The predicted molar refractivity (Wildman–Crippen MR) is 94.5 cm³/mol. The van der Waals surface area contributed by atoms with E-state index in [1.165, 1.54) is 27.9 Å². The van der Waals surface area contributed by atoms with Gasteiger partial charge in [-0.15, -0.1) is 11.3 Å². The fourth-order valence-corrected chi connectivity index (χ4v) is 5.62. The molecule has 0 saturated carbocycles. The van der Waals surface area contributed by atoms with Crippen molar-refractivity contribution >= 4 is 27.3 Å². The van der Waals surface area contributed by atoms with Gasteiger partial charge in [-0.05, 0) is 37.0 Å². The second-order valence-electron chi connectivity index (χ2n) is 5.79. The Morgan fingerprint density at radius 1 is 1.40 bits per heavy atom. The molecule has 0 aromatic carbocycles. The fourth-order valence-electron chi connectivity index (χ4n) is 2.73. The average Bonchev–Trinajstić information content (AvgIpc) is 3.31. The average molecular weight is 381 g/mol. The second-order valence-corrected chi connectivity index (χ2v) is 9.04. The summed E-state index contributed by atoms with van der Waals surface area (Å²) in [5, 5.41) is 6.41. The zero-order chi connectivity index (χ0) is 17.9. The Bertz CT molecular complexity index is 835. The standard InChI is InChI=1S/C16H19N3O4S2/c1-2-15(20)17-11-12-6-9-19(10-7-12)25(21,22)16-4-3-14(24-16)13-5-8-18-23-13/h2-5,8,12H,1,6-7,9-11H2,(H,17,20). The molecule has 3 heterocycles. The minimum Gasteiger partial charge on any atom is -0.355 e. The van der Waals surface area contributed by atoms with Gasteiger partial charge in [0.05, 0.1) is 11.1 Å². The monoisotopic (exact) mass is 381 g/mol. The van der Waals surface area contributed by atoms with Gasteiger partial charge in [-0.2, -0.15) is 4.31 Å². The van der Waals surface area contributed by atoms with Crippen LogP contribution < -0.4 is 5.32 Å². The maximum absolute atomic E-state index is 12.8. The van der Waals surface area contributed by atoms with E-state index in [1.807, 2.05) is 0 Å². The van der Waals surface area contributed by atoms with Crippen LogP contribution >= 0.6 is 11.3 Å². The smallest absolute Gasteiger partial charge is 0.252 e. The van der Waals surface area contributed by atoms with Gasteiger partial charge in [0.1, 0.15) is 4.21 Å². The topological polar surface area (TPSA) is 92.5 Å². The highest BCUT2D eigenvalue weighted by Crippen LogP contribution is 2.33. The number of carbonyl (C=O) groups excluding carboxylic acids is 1. The van der Waals surface area contributed by atoms with Crippen molar-refractivity contribution in [2.45, 2.75) is 17.1 Å². The molecule has 0 spiro atoms. The molecule has 2 aromatic rings. The molecular weight excluding hydrogens is 362 g/mol. The summed E-state index contributed by atoms with van der Waals surface area (Å²) in [5.41, 5.74) is 0. The van der Waals surface area contributed by atoms with Crippen LogP contribution in [-0.2, 0) is 14.8 Å². The summed E-state index contributed by atoms with van der Waals surface area (Å²) in [5.74, 6) is 0.639. The zero-order valence-electron chi connectivity index (χ0n) is 13.6. The SMILES string of the molecule is C=CC(=O)NCC1CCN(S(=O)(=O)c2ccc(-c3ccno3)s2)CC1. The minimum absolute atomic E-state index is 0.200. The van der Waals surface area contributed by atoms with Gasteiger partial charge in [0.2, 0.25) is 5.91 Å². The summed E-state index contributed by atoms with van der Waals surface area (Å²) < 4.78 is 32.5. The first-order chi connectivity index (χ1) is 12.0. The van der Waals surface area contributed by atoms with Crippen LogP contribution in [0.1, 0.15) is 12.8 Å². The number of hydrogen-bond donors (Lipinski definition) is 1. The van der Waals surface area contributed by atoms with E-state index in [0.29, 0.717) is 29.6 Å². The molecule has 1 saturated heterocycles. The Morgan fingerprint density at radius 2 is 2.16 bits per heavy atom. The number of aromatic nitrogens is 1. The number of amides is 1. The lowest BCUT2D eigenvalue weighted by Gasteiger charge is -2.30. The van der Waals surface area contributed by atoms with Crippen molar-refractivity contribution in [3.05, 3.63) is 37.1 Å². The molecule has 3 rings (SSSR count). The summed E-state index contributed by atoms with van der Waals surface area (Å²) in [4.78, 5) is 12.0. The maximum Gasteiger partial charge on any atom is 0.252 e. The van der Waals surface area contributed by atoms with Crippen molar-refractivity contribution in [1.29, 1.82) is 0 Å². The van der Waals surface area contributed by atoms with Crippen molar-refractivity contribution in [3.63, 3.8) is 0 Å². The highest BCUT2D eigenvalue weighted by atomic mass is 32.2. The first-order valence-electron chi connectivity index (χ1n) is 7.92. The molecule has 0 bridgehead atoms. The van der Waals surface area contributed by atoms with E-state index in [-0.39, 0.29) is 11.8 Å². The molecule has 0 atom stereocenters. The van der Waals surface area contributed by atoms with Crippen LogP contribution in [0.4, 0.5) is 0 Å². The molecule has 1 fully saturated rings. The van der Waals surface area contributed by atoms with Crippen LogP contribution in [0, 0.1) is 5.92 Å². The fraction of sp³-hybridized carbons (Fsp3) is 0.375. The number of hydrogen-bond acceptors (Lipinski definition) is 6. The van der Waals surface area contributed by atoms with Gasteiger partial charge < -0.3 is 9.84 Å². The van der Waals surface area contributed by atoms with Crippen LogP contribution in [0.25, 0.3) is 10.6 Å². The van der Waals surface area contributed by atoms with E-state index >= 15 is 0 Å². The molecule has 1 amide bonds. The third kappa shape index (κ3) is 4.00. The first kappa shape index (κ1) is 17.8. The summed E-state index contributed by atoms with van der Waals surface area (Å²) >= 11 is 1.18. The highest BCUT2D eigenvalue weighted by Gasteiger charge is 2.30. The van der Waals surface area contributed by atoms with Gasteiger partial charge in [0.25, 0.3) is 10.0 Å². The molecular formula is C16H19N3O4S2. The molecule has 9 heteroatoms. The molecule has 0 unspecified atom stereocenters. The van der Waals surface area contributed by atoms with Gasteiger partial charge in [-0.1, -0.05) is 11.7 Å². The number of nitrogens with zero attached hydrogens (tertiary/aromatic N) is 2. The highest BCUT2D eigenvalue weighted by molar-refractivity contribution is 7.91. The Morgan fingerprint density at radius 3 is 2.80 bits per heavy atom. The Labute approximate surface area is 150 Å². The molecule has 1 N–H and O–H groups in total. The number of sulfonamides is 1. The molecule has 0 aliphatic carbocycles. The molecule has 2 aromatic heterocycles. The van der Waals surface area contributed by atoms with Gasteiger partial charge in [-0.25, -0.2) is 8.42 Å². The third-order valence-electron chi connectivity index (χ3n) is 4.18. The number of carbonyl (C=O) groups is 1. The summed E-state index contributed by atoms with van der Waals surface area (Å²) in [6.45, 7) is 4.86. The van der Waals surface area contributed by atoms with Crippen LogP contribution in [0.5, 0.6) is 0 Å². The number of piperidine rings is 1. The molecule has 1 aliphatic rings. The molecule has 134 valence electrons. The van der Waals surface area contributed by atoms with Gasteiger partial charge in [0, 0.05) is 25.7 Å². The van der Waals surface area contributed by atoms with Crippen LogP contribution in [0.2, 0.25) is 0 Å². The lowest BCUT2D eigenvalue weighted by molar-refractivity contribution is -0.116. The molecule has 7 nitrogen and oxygen atoms in total. The summed E-state index contributed by atoms with van der Waals surface area (Å²) in [7, 11) is -3.51. The van der Waals surface area contributed by atoms with E-state index in [1.54, 1.807) is 18.2 Å². The van der Waals surface area contributed by atoms with Crippen molar-refractivity contribution in [2.75, 3.05) is 19.6 Å². The van der Waals surface area contributed by atoms with Crippen molar-refractivity contribution in [1.82, 2.24) is 14.8 Å². The summed E-state index contributed by atoms with van der Waals surface area (Å²) in [6.07, 6.45) is 4.20. The zero-order valence-corrected chi connectivity index (χ0v) is 15.2. The van der Waals surface area contributed by atoms with E-state index in [9.17, 15) is 13.2 Å². The third-order valence-corrected chi connectivity index (χ3v) is 7.65. The van der Waals surface area contributed by atoms with Gasteiger partial charge in [-0.3, -0.25) is 4.79 Å². The molecule has 25 heavy (non-hydrogen) atoms. The largest absolute Gasteiger partial charge is 0.355 e.